The fourth-order valence-corrected chi connectivity index (χ4v) is 5.12. The van der Waals surface area contributed by atoms with E-state index in [1.807, 2.05) is 19.1 Å². The zero-order chi connectivity index (χ0) is 25.1. The van der Waals surface area contributed by atoms with Crippen LogP contribution in [0.5, 0.6) is 0 Å². The van der Waals surface area contributed by atoms with Crippen LogP contribution in [0, 0.1) is 0 Å². The molecule has 34 heavy (non-hydrogen) atoms. The van der Waals surface area contributed by atoms with E-state index in [-0.39, 0.29) is 29.8 Å². The number of rotatable bonds is 10. The van der Waals surface area contributed by atoms with Crippen molar-refractivity contribution in [2.45, 2.75) is 71.0 Å². The number of unbranched alkanes of at least 4 members (excludes halogenated alkanes) is 2. The molecule has 6 nitrogen and oxygen atoms in total. The molecule has 0 saturated heterocycles. The third-order valence-electron chi connectivity index (χ3n) is 6.26. The Bertz CT molecular complexity index is 1190. The van der Waals surface area contributed by atoms with E-state index in [0.29, 0.717) is 48.1 Å². The summed E-state index contributed by atoms with van der Waals surface area (Å²) in [6.45, 7) is 7.13. The number of nitrogens with zero attached hydrogens (tertiary/aromatic N) is 1. The number of ketones is 1. The average Bonchev–Trinajstić information content (AvgIpc) is 3.02. The van der Waals surface area contributed by atoms with Gasteiger partial charge in [-0.05, 0) is 75.4 Å². The molecule has 2 amide bonds. The van der Waals surface area contributed by atoms with Gasteiger partial charge in [-0.2, -0.15) is 0 Å². The Balaban J connectivity index is 1.56. The summed E-state index contributed by atoms with van der Waals surface area (Å²) < 4.78 is 23.5. The van der Waals surface area contributed by atoms with E-state index in [2.05, 4.69) is 0 Å². The molecule has 0 fully saturated rings. The van der Waals surface area contributed by atoms with Gasteiger partial charge in [-0.3, -0.25) is 14.4 Å². The van der Waals surface area contributed by atoms with Crippen molar-refractivity contribution >= 4 is 33.1 Å². The minimum Gasteiger partial charge on any atom is -0.299 e. The van der Waals surface area contributed by atoms with Crippen LogP contribution in [0.25, 0.3) is 0 Å². The van der Waals surface area contributed by atoms with Gasteiger partial charge in [-0.1, -0.05) is 31.5 Å². The van der Waals surface area contributed by atoms with Crippen LogP contribution < -0.4 is 4.90 Å². The lowest BCUT2D eigenvalue weighted by Gasteiger charge is -2.18. The molecule has 2 aromatic rings. The molecule has 0 spiro atoms. The summed E-state index contributed by atoms with van der Waals surface area (Å²) in [5.74, 6) is -0.572. The van der Waals surface area contributed by atoms with Gasteiger partial charge < -0.3 is 0 Å². The first-order valence-electron chi connectivity index (χ1n) is 11.8. The monoisotopic (exact) mass is 483 g/mol. The minimum atomic E-state index is -3.14. The normalized spacial score (nSPS) is 13.9. The van der Waals surface area contributed by atoms with Crippen LogP contribution in [0.2, 0.25) is 0 Å². The van der Waals surface area contributed by atoms with Gasteiger partial charge >= 0.3 is 0 Å². The van der Waals surface area contributed by atoms with Crippen LogP contribution in [-0.4, -0.2) is 36.5 Å². The Morgan fingerprint density at radius 1 is 0.853 bits per heavy atom. The molecule has 0 unspecified atom stereocenters. The first-order valence-corrected chi connectivity index (χ1v) is 13.4. The average molecular weight is 484 g/mol. The van der Waals surface area contributed by atoms with Crippen molar-refractivity contribution in [2.75, 3.05) is 10.7 Å². The van der Waals surface area contributed by atoms with E-state index in [4.69, 9.17) is 0 Å². The molecule has 0 radical (unpaired) electrons. The predicted octanol–water partition coefficient (Wildman–Crippen LogP) is 4.93. The van der Waals surface area contributed by atoms with Crippen molar-refractivity contribution in [1.29, 1.82) is 0 Å². The van der Waals surface area contributed by atoms with Crippen LogP contribution in [0.4, 0.5) is 5.69 Å². The molecule has 182 valence electrons. The number of sulfone groups is 1. The highest BCUT2D eigenvalue weighted by molar-refractivity contribution is 7.92. The highest BCUT2D eigenvalue weighted by atomic mass is 32.2. The molecular weight excluding hydrogens is 450 g/mol. The summed E-state index contributed by atoms with van der Waals surface area (Å²) in [4.78, 5) is 39.4. The molecule has 7 heteroatoms. The van der Waals surface area contributed by atoms with Crippen molar-refractivity contribution in [3.05, 3.63) is 64.7 Å². The van der Waals surface area contributed by atoms with Crippen LogP contribution in [-0.2, 0) is 27.5 Å². The second-order valence-electron chi connectivity index (χ2n) is 9.80. The number of aryl methyl sites for hydroxylation is 1. The third kappa shape index (κ3) is 5.63. The number of carbonyl (C=O) groups excluding carboxylic acids is 3. The molecule has 0 bridgehead atoms. The molecule has 0 N–H and O–H groups in total. The van der Waals surface area contributed by atoms with E-state index < -0.39 is 14.6 Å². The maximum Gasteiger partial charge on any atom is 0.266 e. The quantitative estimate of drug-likeness (QED) is 0.353. The van der Waals surface area contributed by atoms with Gasteiger partial charge in [0.25, 0.3) is 11.8 Å². The number of anilines is 1. The van der Waals surface area contributed by atoms with Crippen LogP contribution >= 0.6 is 0 Å². The summed E-state index contributed by atoms with van der Waals surface area (Å²) in [5.41, 5.74) is 3.03. The fraction of sp³-hybridized carbons (Fsp3) is 0.444. The number of fused-ring (bicyclic) bond motifs is 1. The lowest BCUT2D eigenvalue weighted by molar-refractivity contribution is -0.118. The zero-order valence-electron chi connectivity index (χ0n) is 20.4. The van der Waals surface area contributed by atoms with Gasteiger partial charge in [0, 0.05) is 12.8 Å². The minimum absolute atomic E-state index is 0.0300. The Hall–Kier alpha value is -2.80. The molecule has 0 saturated carbocycles. The van der Waals surface area contributed by atoms with Crippen molar-refractivity contribution in [1.82, 2.24) is 0 Å². The molecule has 1 aliphatic heterocycles. The summed E-state index contributed by atoms with van der Waals surface area (Å²) in [5, 5.41) is 0. The standard InChI is InChI=1S/C27H33NO5S/c1-5-19-10-13-21(14-11-19)28-25(30)23-15-12-20(18-24(23)26(28)31)17-22(29)9-7-6-8-16-34(32,33)27(2,3)4/h10-15,18H,5-9,16-17H2,1-4H3. The van der Waals surface area contributed by atoms with E-state index in [9.17, 15) is 22.8 Å². The maximum absolute atomic E-state index is 13.0. The lowest BCUT2D eigenvalue weighted by Crippen LogP contribution is -2.30. The Morgan fingerprint density at radius 3 is 2.09 bits per heavy atom. The van der Waals surface area contributed by atoms with Crippen LogP contribution in [0.15, 0.2) is 42.5 Å². The molecule has 0 aromatic heterocycles. The number of imide groups is 1. The van der Waals surface area contributed by atoms with Gasteiger partial charge in [-0.25, -0.2) is 13.3 Å². The van der Waals surface area contributed by atoms with Gasteiger partial charge in [-0.15, -0.1) is 0 Å². The van der Waals surface area contributed by atoms with Crippen LogP contribution in [0.3, 0.4) is 0 Å². The van der Waals surface area contributed by atoms with Crippen molar-refractivity contribution in [2.24, 2.45) is 0 Å². The van der Waals surface area contributed by atoms with Crippen molar-refractivity contribution in [3.8, 4) is 0 Å². The van der Waals surface area contributed by atoms with Crippen LogP contribution in [0.1, 0.15) is 85.2 Å². The van der Waals surface area contributed by atoms with E-state index >= 15 is 0 Å². The topological polar surface area (TPSA) is 88.6 Å². The molecule has 3 rings (SSSR count). The highest BCUT2D eigenvalue weighted by Gasteiger charge is 2.36. The smallest absolute Gasteiger partial charge is 0.266 e. The van der Waals surface area contributed by atoms with E-state index in [1.54, 1.807) is 51.1 Å². The maximum atomic E-state index is 13.0. The molecule has 1 heterocycles. The Morgan fingerprint density at radius 2 is 1.47 bits per heavy atom. The lowest BCUT2D eigenvalue weighted by atomic mass is 10.00. The van der Waals surface area contributed by atoms with E-state index in [1.165, 1.54) is 4.90 Å². The molecular formula is C27H33NO5S. The first-order chi connectivity index (χ1) is 15.9. The SMILES string of the molecule is CCc1ccc(N2C(=O)c3ccc(CC(=O)CCCCCS(=O)(=O)C(C)(C)C)cc3C2=O)cc1. The van der Waals surface area contributed by atoms with Crippen molar-refractivity contribution < 1.29 is 22.8 Å². The molecule has 2 aromatic carbocycles. The van der Waals surface area contributed by atoms with Gasteiger partial charge in [0.2, 0.25) is 0 Å². The summed E-state index contributed by atoms with van der Waals surface area (Å²) in [6.07, 6.45) is 3.25. The van der Waals surface area contributed by atoms with Gasteiger partial charge in [0.1, 0.15) is 5.78 Å². The van der Waals surface area contributed by atoms with Crippen molar-refractivity contribution in [3.63, 3.8) is 0 Å². The number of hydrogen-bond acceptors (Lipinski definition) is 5. The fourth-order valence-electron chi connectivity index (χ4n) is 3.93. The summed E-state index contributed by atoms with van der Waals surface area (Å²) in [6, 6.07) is 12.3. The number of benzene rings is 2. The number of hydrogen-bond donors (Lipinski definition) is 0. The first kappa shape index (κ1) is 25.8. The number of amides is 2. The highest BCUT2D eigenvalue weighted by Crippen LogP contribution is 2.29. The zero-order valence-corrected chi connectivity index (χ0v) is 21.2. The Kier molecular flexibility index (Phi) is 7.76. The number of Topliss-reactive ketones (excluding diaryl/α,β-unsaturated/α-hetero) is 1. The second-order valence-corrected chi connectivity index (χ2v) is 12.7. The third-order valence-corrected chi connectivity index (χ3v) is 8.95. The summed E-state index contributed by atoms with van der Waals surface area (Å²) in [7, 11) is -3.14. The van der Waals surface area contributed by atoms with Gasteiger partial charge in [0.05, 0.1) is 27.3 Å². The molecule has 0 aliphatic carbocycles. The summed E-state index contributed by atoms with van der Waals surface area (Å²) >= 11 is 0. The molecule has 0 atom stereocenters. The van der Waals surface area contributed by atoms with Gasteiger partial charge in [0.15, 0.2) is 9.84 Å². The van der Waals surface area contributed by atoms with E-state index in [0.717, 1.165) is 12.0 Å². The largest absolute Gasteiger partial charge is 0.299 e. The second kappa shape index (κ2) is 10.2. The molecule has 1 aliphatic rings. The predicted molar refractivity (Wildman–Crippen MR) is 134 cm³/mol. The Labute approximate surface area is 202 Å². The number of carbonyl (C=O) groups is 3.